The molecule has 4 aromatic rings. The summed E-state index contributed by atoms with van der Waals surface area (Å²) >= 11 is 0. The molecule has 0 fully saturated rings. The lowest BCUT2D eigenvalue weighted by atomic mass is 10.1. The van der Waals surface area contributed by atoms with Crippen LogP contribution in [-0.4, -0.2) is 12.1 Å². The fourth-order valence-corrected chi connectivity index (χ4v) is 3.16. The van der Waals surface area contributed by atoms with Gasteiger partial charge < -0.3 is 18.3 Å². The van der Waals surface area contributed by atoms with Crippen LogP contribution in [0.5, 0.6) is 5.75 Å². The number of hydrogen-bond acceptors (Lipinski definition) is 6. The average molecular weight is 418 g/mol. The van der Waals surface area contributed by atoms with Crippen molar-refractivity contribution < 1.29 is 23.1 Å². The molecule has 0 bridgehead atoms. The molecule has 6 heteroatoms. The summed E-state index contributed by atoms with van der Waals surface area (Å²) in [5.41, 5.74) is 2.41. The van der Waals surface area contributed by atoms with E-state index in [0.29, 0.717) is 22.3 Å². The Labute approximate surface area is 179 Å². The van der Waals surface area contributed by atoms with Crippen LogP contribution >= 0.6 is 0 Å². The molecule has 0 aliphatic rings. The number of furan rings is 1. The SMILES string of the molecule is Cc1ccc2c(=O)c(OCc3ccc(C(=O)OC(C)C)cc3)c(-c3ccco3)oc2c1. The fourth-order valence-electron chi connectivity index (χ4n) is 3.16. The number of aryl methyl sites for hydroxylation is 1. The maximum atomic E-state index is 13.1. The van der Waals surface area contributed by atoms with E-state index in [1.807, 2.05) is 19.1 Å². The monoisotopic (exact) mass is 418 g/mol. The third kappa shape index (κ3) is 4.38. The normalized spacial score (nSPS) is 11.1. The van der Waals surface area contributed by atoms with Gasteiger partial charge in [0.2, 0.25) is 16.9 Å². The van der Waals surface area contributed by atoms with Crippen LogP contribution in [0.25, 0.3) is 22.5 Å². The highest BCUT2D eigenvalue weighted by Gasteiger charge is 2.20. The highest BCUT2D eigenvalue weighted by atomic mass is 16.5. The lowest BCUT2D eigenvalue weighted by Crippen LogP contribution is -2.12. The first-order chi connectivity index (χ1) is 14.9. The van der Waals surface area contributed by atoms with Gasteiger partial charge >= 0.3 is 5.97 Å². The van der Waals surface area contributed by atoms with Gasteiger partial charge in [0.1, 0.15) is 12.2 Å². The minimum atomic E-state index is -0.381. The van der Waals surface area contributed by atoms with Crippen LogP contribution in [-0.2, 0) is 11.3 Å². The molecule has 0 amide bonds. The zero-order chi connectivity index (χ0) is 22.0. The molecule has 0 aliphatic heterocycles. The van der Waals surface area contributed by atoms with E-state index in [0.717, 1.165) is 11.1 Å². The number of benzene rings is 2. The zero-order valence-electron chi connectivity index (χ0n) is 17.5. The molecule has 158 valence electrons. The Morgan fingerprint density at radius 3 is 2.52 bits per heavy atom. The smallest absolute Gasteiger partial charge is 0.338 e. The van der Waals surface area contributed by atoms with Gasteiger partial charge in [-0.25, -0.2) is 4.79 Å². The van der Waals surface area contributed by atoms with Gasteiger partial charge in [-0.05, 0) is 68.3 Å². The summed E-state index contributed by atoms with van der Waals surface area (Å²) in [5.74, 6) is 0.343. The highest BCUT2D eigenvalue weighted by Crippen LogP contribution is 2.32. The summed E-state index contributed by atoms with van der Waals surface area (Å²) in [6.07, 6.45) is 1.32. The van der Waals surface area contributed by atoms with Crippen molar-refractivity contribution >= 4 is 16.9 Å². The largest absolute Gasteiger partial charge is 0.481 e. The second kappa shape index (κ2) is 8.52. The number of ether oxygens (including phenoxy) is 2. The molecule has 2 heterocycles. The number of rotatable bonds is 6. The van der Waals surface area contributed by atoms with Crippen LogP contribution in [0.2, 0.25) is 0 Å². The molecule has 0 radical (unpaired) electrons. The van der Waals surface area contributed by atoms with Crippen molar-refractivity contribution in [1.29, 1.82) is 0 Å². The van der Waals surface area contributed by atoms with Gasteiger partial charge in [-0.1, -0.05) is 18.2 Å². The molecule has 2 aromatic heterocycles. The first-order valence-corrected chi connectivity index (χ1v) is 9.96. The molecule has 0 aliphatic carbocycles. The molecule has 2 aromatic carbocycles. The lowest BCUT2D eigenvalue weighted by molar-refractivity contribution is 0.0378. The number of carbonyl (C=O) groups excluding carboxylic acids is 1. The minimum Gasteiger partial charge on any atom is -0.481 e. The van der Waals surface area contributed by atoms with Crippen LogP contribution in [0.3, 0.4) is 0 Å². The average Bonchev–Trinajstić information content (AvgIpc) is 3.27. The van der Waals surface area contributed by atoms with Crippen molar-refractivity contribution in [2.24, 2.45) is 0 Å². The van der Waals surface area contributed by atoms with Crippen molar-refractivity contribution in [1.82, 2.24) is 0 Å². The maximum Gasteiger partial charge on any atom is 0.338 e. The molecule has 0 unspecified atom stereocenters. The van der Waals surface area contributed by atoms with Crippen molar-refractivity contribution in [2.75, 3.05) is 0 Å². The van der Waals surface area contributed by atoms with Gasteiger partial charge in [0.25, 0.3) is 0 Å². The number of carbonyl (C=O) groups is 1. The summed E-state index contributed by atoms with van der Waals surface area (Å²) in [7, 11) is 0. The van der Waals surface area contributed by atoms with Gasteiger partial charge in [0.15, 0.2) is 5.76 Å². The Hall–Kier alpha value is -3.80. The van der Waals surface area contributed by atoms with E-state index in [1.165, 1.54) is 6.26 Å². The first-order valence-electron chi connectivity index (χ1n) is 9.96. The Balaban J connectivity index is 1.64. The summed E-state index contributed by atoms with van der Waals surface area (Å²) in [6, 6.07) is 15.7. The molecular weight excluding hydrogens is 396 g/mol. The highest BCUT2D eigenvalue weighted by molar-refractivity contribution is 5.89. The predicted octanol–water partition coefficient (Wildman–Crippen LogP) is 5.51. The topological polar surface area (TPSA) is 78.9 Å². The Morgan fingerprint density at radius 2 is 1.84 bits per heavy atom. The van der Waals surface area contributed by atoms with Gasteiger partial charge in [0, 0.05) is 0 Å². The van der Waals surface area contributed by atoms with Crippen LogP contribution in [0, 0.1) is 6.92 Å². The zero-order valence-corrected chi connectivity index (χ0v) is 17.5. The molecule has 6 nitrogen and oxygen atoms in total. The summed E-state index contributed by atoms with van der Waals surface area (Å²) < 4.78 is 22.5. The third-order valence-corrected chi connectivity index (χ3v) is 4.67. The Morgan fingerprint density at radius 1 is 1.06 bits per heavy atom. The second-order valence-electron chi connectivity index (χ2n) is 7.51. The van der Waals surface area contributed by atoms with Crippen molar-refractivity contribution in [3.63, 3.8) is 0 Å². The molecule has 31 heavy (non-hydrogen) atoms. The number of fused-ring (bicyclic) bond motifs is 1. The third-order valence-electron chi connectivity index (χ3n) is 4.67. The Kier molecular flexibility index (Phi) is 5.62. The molecular formula is C25H22O6. The quantitative estimate of drug-likeness (QED) is 0.385. The molecule has 0 N–H and O–H groups in total. The van der Waals surface area contributed by atoms with E-state index in [-0.39, 0.29) is 35.6 Å². The summed E-state index contributed by atoms with van der Waals surface area (Å²) in [6.45, 7) is 5.65. The fraction of sp³-hybridized carbons (Fsp3) is 0.200. The van der Waals surface area contributed by atoms with Gasteiger partial charge in [0.05, 0.1) is 23.3 Å². The van der Waals surface area contributed by atoms with E-state index in [1.54, 1.807) is 56.3 Å². The molecule has 0 spiro atoms. The summed E-state index contributed by atoms with van der Waals surface area (Å²) in [4.78, 5) is 25.1. The van der Waals surface area contributed by atoms with Crippen molar-refractivity contribution in [3.05, 3.63) is 87.8 Å². The van der Waals surface area contributed by atoms with E-state index in [2.05, 4.69) is 0 Å². The number of esters is 1. The Bertz CT molecular complexity index is 1260. The van der Waals surface area contributed by atoms with Crippen LogP contribution in [0.1, 0.15) is 35.3 Å². The van der Waals surface area contributed by atoms with E-state index < -0.39 is 0 Å². The molecule has 0 saturated heterocycles. The van der Waals surface area contributed by atoms with Crippen molar-refractivity contribution in [2.45, 2.75) is 33.5 Å². The molecule has 0 saturated carbocycles. The van der Waals surface area contributed by atoms with Gasteiger partial charge in [-0.15, -0.1) is 0 Å². The van der Waals surface area contributed by atoms with E-state index in [9.17, 15) is 9.59 Å². The lowest BCUT2D eigenvalue weighted by Gasteiger charge is -2.11. The number of hydrogen-bond donors (Lipinski definition) is 0. The second-order valence-corrected chi connectivity index (χ2v) is 7.51. The van der Waals surface area contributed by atoms with Crippen LogP contribution < -0.4 is 10.2 Å². The maximum absolute atomic E-state index is 13.1. The van der Waals surface area contributed by atoms with Crippen LogP contribution in [0.15, 0.2) is 74.5 Å². The van der Waals surface area contributed by atoms with Crippen molar-refractivity contribution in [3.8, 4) is 17.3 Å². The van der Waals surface area contributed by atoms with Crippen LogP contribution in [0.4, 0.5) is 0 Å². The van der Waals surface area contributed by atoms with Gasteiger partial charge in [-0.2, -0.15) is 0 Å². The van der Waals surface area contributed by atoms with Gasteiger partial charge in [-0.3, -0.25) is 4.79 Å². The molecule has 4 rings (SSSR count). The predicted molar refractivity (Wildman–Crippen MR) is 116 cm³/mol. The van der Waals surface area contributed by atoms with E-state index in [4.69, 9.17) is 18.3 Å². The summed E-state index contributed by atoms with van der Waals surface area (Å²) in [5, 5.41) is 0.433. The first kappa shape index (κ1) is 20.5. The van der Waals surface area contributed by atoms with E-state index >= 15 is 0 Å². The minimum absolute atomic E-state index is 0.0783. The molecule has 0 atom stereocenters. The standard InChI is InChI=1S/C25H22O6/c1-15(2)30-25(27)18-9-7-17(8-10-18)14-29-24-22(26)19-11-6-16(3)13-21(19)31-23(24)20-5-4-12-28-20/h4-13,15H,14H2,1-3H3.